The third kappa shape index (κ3) is 3.79. The summed E-state index contributed by atoms with van der Waals surface area (Å²) < 4.78 is 13.8. The average molecular weight is 238 g/mol. The highest BCUT2D eigenvalue weighted by atomic mass is 19.1. The van der Waals surface area contributed by atoms with Crippen molar-refractivity contribution >= 4 is 0 Å². The second-order valence-corrected chi connectivity index (χ2v) is 4.52. The van der Waals surface area contributed by atoms with Crippen LogP contribution in [-0.4, -0.2) is 18.0 Å². The van der Waals surface area contributed by atoms with Crippen LogP contribution in [0.25, 0.3) is 0 Å². The van der Waals surface area contributed by atoms with Crippen molar-refractivity contribution in [1.29, 1.82) is 0 Å². The first-order chi connectivity index (χ1) is 8.12. The molecule has 0 aliphatic heterocycles. The topological polar surface area (TPSA) is 29.3 Å². The molecule has 1 aromatic rings. The first-order valence-corrected chi connectivity index (χ1v) is 6.29. The van der Waals surface area contributed by atoms with Gasteiger partial charge in [0.25, 0.3) is 0 Å². The second kappa shape index (κ2) is 6.72. The van der Waals surface area contributed by atoms with Crippen molar-refractivity contribution in [1.82, 2.24) is 4.90 Å². The Morgan fingerprint density at radius 2 is 1.94 bits per heavy atom. The largest absolute Gasteiger partial charge is 0.326 e. The summed E-state index contributed by atoms with van der Waals surface area (Å²) >= 11 is 0. The van der Waals surface area contributed by atoms with E-state index < -0.39 is 0 Å². The molecular weight excluding hydrogens is 215 g/mol. The fourth-order valence-corrected chi connectivity index (χ4v) is 2.16. The van der Waals surface area contributed by atoms with Gasteiger partial charge in [-0.05, 0) is 31.5 Å². The minimum Gasteiger partial charge on any atom is -0.326 e. The molecule has 0 saturated carbocycles. The molecule has 0 spiro atoms. The molecule has 0 aliphatic rings. The predicted molar refractivity (Wildman–Crippen MR) is 70.1 cm³/mol. The summed E-state index contributed by atoms with van der Waals surface area (Å²) in [5.41, 5.74) is 7.08. The van der Waals surface area contributed by atoms with Crippen LogP contribution < -0.4 is 5.73 Å². The highest BCUT2D eigenvalue weighted by Gasteiger charge is 2.12. The van der Waals surface area contributed by atoms with Gasteiger partial charge in [0.2, 0.25) is 0 Å². The number of halogens is 1. The lowest BCUT2D eigenvalue weighted by Crippen LogP contribution is -2.30. The molecule has 1 aromatic carbocycles. The molecule has 0 fully saturated rings. The van der Waals surface area contributed by atoms with Crippen LogP contribution in [-0.2, 0) is 13.1 Å². The molecule has 3 heteroatoms. The molecule has 0 bridgehead atoms. The summed E-state index contributed by atoms with van der Waals surface area (Å²) in [4.78, 5) is 2.21. The van der Waals surface area contributed by atoms with Crippen molar-refractivity contribution in [3.63, 3.8) is 0 Å². The zero-order valence-electron chi connectivity index (χ0n) is 11.0. The van der Waals surface area contributed by atoms with Crippen LogP contribution in [0.2, 0.25) is 0 Å². The second-order valence-electron chi connectivity index (χ2n) is 4.52. The Morgan fingerprint density at radius 1 is 1.29 bits per heavy atom. The normalized spacial score (nSPS) is 11.5. The Kier molecular flexibility index (Phi) is 5.59. The van der Waals surface area contributed by atoms with Gasteiger partial charge in [-0.25, -0.2) is 4.39 Å². The van der Waals surface area contributed by atoms with Crippen LogP contribution in [0, 0.1) is 5.82 Å². The van der Waals surface area contributed by atoms with E-state index in [1.54, 1.807) is 0 Å². The zero-order chi connectivity index (χ0) is 12.8. The van der Waals surface area contributed by atoms with E-state index in [0.717, 1.165) is 24.0 Å². The van der Waals surface area contributed by atoms with Crippen molar-refractivity contribution in [2.24, 2.45) is 5.73 Å². The summed E-state index contributed by atoms with van der Waals surface area (Å²) in [6.07, 6.45) is 2.19. The van der Waals surface area contributed by atoms with Gasteiger partial charge in [-0.3, -0.25) is 4.90 Å². The zero-order valence-corrected chi connectivity index (χ0v) is 11.0. The molecule has 0 saturated heterocycles. The van der Waals surface area contributed by atoms with Gasteiger partial charge in [0.15, 0.2) is 0 Å². The lowest BCUT2D eigenvalue weighted by molar-refractivity contribution is 0.219. The van der Waals surface area contributed by atoms with Crippen molar-refractivity contribution < 1.29 is 4.39 Å². The average Bonchev–Trinajstić information content (AvgIpc) is 2.33. The standard InChI is InChI=1S/C14H23FN2/c1-4-13(5-2)17(3)10-12-7-6-11(9-16)8-14(12)15/h6-8,13H,4-5,9-10,16H2,1-3H3. The smallest absolute Gasteiger partial charge is 0.128 e. The van der Waals surface area contributed by atoms with E-state index in [-0.39, 0.29) is 5.82 Å². The van der Waals surface area contributed by atoms with E-state index in [2.05, 4.69) is 18.7 Å². The quantitative estimate of drug-likeness (QED) is 0.825. The fourth-order valence-electron chi connectivity index (χ4n) is 2.16. The van der Waals surface area contributed by atoms with Gasteiger partial charge in [-0.1, -0.05) is 26.0 Å². The highest BCUT2D eigenvalue weighted by Crippen LogP contribution is 2.15. The van der Waals surface area contributed by atoms with Crippen LogP contribution in [0.15, 0.2) is 18.2 Å². The van der Waals surface area contributed by atoms with Crippen LogP contribution in [0.5, 0.6) is 0 Å². The van der Waals surface area contributed by atoms with E-state index in [4.69, 9.17) is 5.73 Å². The van der Waals surface area contributed by atoms with Crippen LogP contribution in [0.1, 0.15) is 37.8 Å². The van der Waals surface area contributed by atoms with Crippen LogP contribution in [0.3, 0.4) is 0 Å². The number of nitrogens with two attached hydrogens (primary N) is 1. The molecule has 0 aromatic heterocycles. The number of rotatable bonds is 6. The minimum atomic E-state index is -0.147. The molecule has 0 atom stereocenters. The van der Waals surface area contributed by atoms with Crippen molar-refractivity contribution in [3.8, 4) is 0 Å². The molecule has 2 nitrogen and oxygen atoms in total. The van der Waals surface area contributed by atoms with Crippen molar-refractivity contribution in [2.45, 2.75) is 45.8 Å². The molecule has 0 aliphatic carbocycles. The molecule has 0 radical (unpaired) electrons. The Hall–Kier alpha value is -0.930. The molecule has 96 valence electrons. The first-order valence-electron chi connectivity index (χ1n) is 6.29. The molecule has 0 amide bonds. The minimum absolute atomic E-state index is 0.147. The summed E-state index contributed by atoms with van der Waals surface area (Å²) in [5, 5.41) is 0. The molecule has 0 unspecified atom stereocenters. The fraction of sp³-hybridized carbons (Fsp3) is 0.571. The maximum atomic E-state index is 13.8. The third-order valence-electron chi connectivity index (χ3n) is 3.34. The Labute approximate surface area is 104 Å². The monoisotopic (exact) mass is 238 g/mol. The predicted octanol–water partition coefficient (Wildman–Crippen LogP) is 2.90. The van der Waals surface area contributed by atoms with Gasteiger partial charge in [-0.2, -0.15) is 0 Å². The molecular formula is C14H23FN2. The Bertz CT molecular complexity index is 348. The number of hydrogen-bond donors (Lipinski definition) is 1. The van der Waals surface area contributed by atoms with E-state index in [9.17, 15) is 4.39 Å². The summed E-state index contributed by atoms with van der Waals surface area (Å²) in [5.74, 6) is -0.147. The number of benzene rings is 1. The number of hydrogen-bond acceptors (Lipinski definition) is 2. The SMILES string of the molecule is CCC(CC)N(C)Cc1ccc(CN)cc1F. The maximum absolute atomic E-state index is 13.8. The summed E-state index contributed by atoms with van der Waals surface area (Å²) in [6, 6.07) is 5.80. The van der Waals surface area contributed by atoms with Gasteiger partial charge >= 0.3 is 0 Å². The van der Waals surface area contributed by atoms with E-state index in [1.165, 1.54) is 6.07 Å². The van der Waals surface area contributed by atoms with Crippen LogP contribution >= 0.6 is 0 Å². The number of nitrogens with zero attached hydrogens (tertiary/aromatic N) is 1. The van der Waals surface area contributed by atoms with E-state index in [1.807, 2.05) is 19.2 Å². The summed E-state index contributed by atoms with van der Waals surface area (Å²) in [6.45, 7) is 5.37. The molecule has 2 N–H and O–H groups in total. The Balaban J connectivity index is 2.74. The van der Waals surface area contributed by atoms with Gasteiger partial charge in [0.05, 0.1) is 0 Å². The third-order valence-corrected chi connectivity index (χ3v) is 3.34. The Morgan fingerprint density at radius 3 is 2.41 bits per heavy atom. The van der Waals surface area contributed by atoms with E-state index >= 15 is 0 Å². The highest BCUT2D eigenvalue weighted by molar-refractivity contribution is 5.24. The van der Waals surface area contributed by atoms with Crippen LogP contribution in [0.4, 0.5) is 4.39 Å². The van der Waals surface area contributed by atoms with Crippen molar-refractivity contribution in [2.75, 3.05) is 7.05 Å². The molecule has 0 heterocycles. The van der Waals surface area contributed by atoms with Gasteiger partial charge in [-0.15, -0.1) is 0 Å². The molecule has 17 heavy (non-hydrogen) atoms. The van der Waals surface area contributed by atoms with Gasteiger partial charge in [0.1, 0.15) is 5.82 Å². The van der Waals surface area contributed by atoms with Gasteiger partial charge in [0, 0.05) is 24.7 Å². The van der Waals surface area contributed by atoms with Gasteiger partial charge < -0.3 is 5.73 Å². The first kappa shape index (κ1) is 14.1. The van der Waals surface area contributed by atoms with Crippen molar-refractivity contribution in [3.05, 3.63) is 35.1 Å². The maximum Gasteiger partial charge on any atom is 0.128 e. The lowest BCUT2D eigenvalue weighted by Gasteiger charge is -2.26. The lowest BCUT2D eigenvalue weighted by atomic mass is 10.1. The molecule has 1 rings (SSSR count). The van der Waals surface area contributed by atoms with E-state index in [0.29, 0.717) is 19.1 Å². The summed E-state index contributed by atoms with van der Waals surface area (Å²) in [7, 11) is 2.05.